The number of hydrogen-bond acceptors (Lipinski definition) is 4. The molecule has 1 aliphatic rings. The Morgan fingerprint density at radius 1 is 1.41 bits per heavy atom. The maximum Gasteiger partial charge on any atom is 0.303 e. The molecule has 0 aromatic heterocycles. The topological polar surface area (TPSA) is 75.6 Å². The molecule has 1 fully saturated rings. The van der Waals surface area contributed by atoms with Gasteiger partial charge in [0, 0.05) is 50.0 Å². The Morgan fingerprint density at radius 2 is 2.06 bits per heavy atom. The van der Waals surface area contributed by atoms with Gasteiger partial charge in [-0.1, -0.05) is 0 Å². The molecule has 98 valence electrons. The monoisotopic (exact) mass is 373 g/mol. The molecule has 5 nitrogen and oxygen atoms in total. The first-order chi connectivity index (χ1) is 8.10. The van der Waals surface area contributed by atoms with Gasteiger partial charge in [-0.25, -0.2) is 0 Å². The van der Waals surface area contributed by atoms with E-state index < -0.39 is 11.4 Å². The first kappa shape index (κ1) is 15.0. The summed E-state index contributed by atoms with van der Waals surface area (Å²) in [5, 5.41) is 8.64. The quantitative estimate of drug-likeness (QED) is 0.551. The van der Waals surface area contributed by atoms with Crippen molar-refractivity contribution in [2.24, 2.45) is 5.41 Å². The van der Waals surface area contributed by atoms with Gasteiger partial charge in [0.2, 0.25) is 5.91 Å². The van der Waals surface area contributed by atoms with Crippen LogP contribution in [0.4, 0.5) is 0 Å². The van der Waals surface area contributed by atoms with Gasteiger partial charge in [0.25, 0.3) is 0 Å². The van der Waals surface area contributed by atoms with Crippen LogP contribution in [0.3, 0.4) is 0 Å². The fourth-order valence-corrected chi connectivity index (χ4v) is 2.96. The van der Waals surface area contributed by atoms with Crippen molar-refractivity contribution < 1.29 is 19.4 Å². The van der Waals surface area contributed by atoms with Gasteiger partial charge in [0.1, 0.15) is 0 Å². The Balaban J connectivity index is 2.57. The standard InChI is InChI=1S/C10H16INO4S/c11-17-12-9(15)10(3-1-2-8(13)14)4-6-16-7-5-10/h1-7H2,(H,12,15)(H,13,14). The lowest BCUT2D eigenvalue weighted by Gasteiger charge is -2.35. The van der Waals surface area contributed by atoms with Crippen LogP contribution in [0.5, 0.6) is 0 Å². The van der Waals surface area contributed by atoms with Crippen LogP contribution in [-0.2, 0) is 14.3 Å². The smallest absolute Gasteiger partial charge is 0.303 e. The fourth-order valence-electron chi connectivity index (χ4n) is 2.07. The molecule has 0 saturated carbocycles. The number of hydrogen-bond donors (Lipinski definition) is 2. The van der Waals surface area contributed by atoms with Crippen LogP contribution < -0.4 is 4.72 Å². The lowest BCUT2D eigenvalue weighted by molar-refractivity contribution is -0.139. The Labute approximate surface area is 117 Å². The normalized spacial score (nSPS) is 18.6. The Bertz CT molecular complexity index is 281. The summed E-state index contributed by atoms with van der Waals surface area (Å²) in [6.07, 6.45) is 2.62. The van der Waals surface area contributed by atoms with Gasteiger partial charge in [0.15, 0.2) is 0 Å². The SMILES string of the molecule is O=C(O)CCCC1(C(=O)NSI)CCOCC1. The van der Waals surface area contributed by atoms with E-state index in [0.717, 1.165) is 0 Å². The van der Waals surface area contributed by atoms with Crippen molar-refractivity contribution in [1.29, 1.82) is 0 Å². The molecular formula is C10H16INO4S. The molecule has 7 heteroatoms. The van der Waals surface area contributed by atoms with E-state index >= 15 is 0 Å². The van der Waals surface area contributed by atoms with Gasteiger partial charge in [-0.15, -0.1) is 0 Å². The average Bonchev–Trinajstić information content (AvgIpc) is 2.30. The minimum Gasteiger partial charge on any atom is -0.481 e. The summed E-state index contributed by atoms with van der Waals surface area (Å²) in [6.45, 7) is 1.15. The highest BCUT2D eigenvalue weighted by Gasteiger charge is 2.39. The average molecular weight is 373 g/mol. The summed E-state index contributed by atoms with van der Waals surface area (Å²) < 4.78 is 8.03. The van der Waals surface area contributed by atoms with Crippen molar-refractivity contribution in [3.8, 4) is 0 Å². The van der Waals surface area contributed by atoms with E-state index in [1.165, 1.54) is 9.12 Å². The summed E-state index contributed by atoms with van der Waals surface area (Å²) in [5.74, 6) is -0.804. The second kappa shape index (κ2) is 7.42. The predicted molar refractivity (Wildman–Crippen MR) is 73.7 cm³/mol. The molecule has 0 spiro atoms. The van der Waals surface area contributed by atoms with Gasteiger partial charge < -0.3 is 9.84 Å². The molecule has 1 heterocycles. The highest BCUT2D eigenvalue weighted by molar-refractivity contribution is 14.2. The molecule has 1 rings (SSSR count). The zero-order valence-electron chi connectivity index (χ0n) is 9.41. The number of amides is 1. The van der Waals surface area contributed by atoms with Crippen LogP contribution >= 0.6 is 30.3 Å². The molecule has 1 aliphatic heterocycles. The van der Waals surface area contributed by atoms with Crippen LogP contribution in [0.2, 0.25) is 0 Å². The molecule has 0 unspecified atom stereocenters. The van der Waals surface area contributed by atoms with E-state index in [4.69, 9.17) is 9.84 Å². The number of rotatable bonds is 6. The highest BCUT2D eigenvalue weighted by Crippen LogP contribution is 2.37. The molecule has 2 N–H and O–H groups in total. The second-order valence-corrected chi connectivity index (χ2v) is 5.83. The molecule has 0 aromatic carbocycles. The molecule has 0 bridgehead atoms. The number of halogens is 1. The van der Waals surface area contributed by atoms with Gasteiger partial charge >= 0.3 is 5.97 Å². The van der Waals surface area contributed by atoms with Crippen molar-refractivity contribution in [3.05, 3.63) is 0 Å². The van der Waals surface area contributed by atoms with Crippen LogP contribution in [-0.4, -0.2) is 30.2 Å². The second-order valence-electron chi connectivity index (χ2n) is 4.15. The number of carboxylic acid groups (broad SMARTS) is 1. The van der Waals surface area contributed by atoms with Crippen LogP contribution in [0.15, 0.2) is 0 Å². The zero-order valence-corrected chi connectivity index (χ0v) is 12.4. The van der Waals surface area contributed by atoms with E-state index in [1.807, 2.05) is 21.2 Å². The Hall–Kier alpha value is -0.0200. The van der Waals surface area contributed by atoms with E-state index in [2.05, 4.69) is 4.72 Å². The largest absolute Gasteiger partial charge is 0.481 e. The van der Waals surface area contributed by atoms with Crippen molar-refractivity contribution >= 4 is 42.2 Å². The summed E-state index contributed by atoms with van der Waals surface area (Å²) in [5.41, 5.74) is -0.439. The lowest BCUT2D eigenvalue weighted by atomic mass is 9.75. The number of aliphatic carboxylic acids is 1. The number of ether oxygens (including phenoxy) is 1. The van der Waals surface area contributed by atoms with Crippen molar-refractivity contribution in [2.45, 2.75) is 32.1 Å². The van der Waals surface area contributed by atoms with Crippen LogP contribution in [0.25, 0.3) is 0 Å². The summed E-state index contributed by atoms with van der Waals surface area (Å²) in [7, 11) is 1.26. The number of carboxylic acids is 1. The predicted octanol–water partition coefficient (Wildman–Crippen LogP) is 2.15. The number of carbonyl (C=O) groups excluding carboxylic acids is 1. The molecule has 1 saturated heterocycles. The summed E-state index contributed by atoms with van der Waals surface area (Å²) in [4.78, 5) is 22.6. The maximum atomic E-state index is 12.1. The highest BCUT2D eigenvalue weighted by atomic mass is 127. The third-order valence-corrected chi connectivity index (χ3v) is 4.03. The first-order valence-electron chi connectivity index (χ1n) is 5.48. The van der Waals surface area contributed by atoms with E-state index in [0.29, 0.717) is 38.9 Å². The molecule has 0 aliphatic carbocycles. The maximum absolute atomic E-state index is 12.1. The molecule has 17 heavy (non-hydrogen) atoms. The van der Waals surface area contributed by atoms with Gasteiger partial charge in [-0.05, 0) is 25.7 Å². The summed E-state index contributed by atoms with van der Waals surface area (Å²) in [6, 6.07) is 0. The van der Waals surface area contributed by atoms with Crippen molar-refractivity contribution in [1.82, 2.24) is 4.72 Å². The van der Waals surface area contributed by atoms with Crippen LogP contribution in [0.1, 0.15) is 32.1 Å². The zero-order chi connectivity index (χ0) is 12.7. The third kappa shape index (κ3) is 4.63. The van der Waals surface area contributed by atoms with Crippen LogP contribution in [0, 0.1) is 5.41 Å². The number of nitrogens with one attached hydrogen (secondary N) is 1. The van der Waals surface area contributed by atoms with E-state index in [-0.39, 0.29) is 12.3 Å². The van der Waals surface area contributed by atoms with Gasteiger partial charge in [-0.3, -0.25) is 14.3 Å². The minimum absolute atomic E-state index is 0.00517. The third-order valence-electron chi connectivity index (χ3n) is 3.11. The van der Waals surface area contributed by atoms with Gasteiger partial charge in [-0.2, -0.15) is 0 Å². The lowest BCUT2D eigenvalue weighted by Crippen LogP contribution is -2.42. The molecule has 0 atom stereocenters. The number of carbonyl (C=O) groups is 2. The molecule has 0 radical (unpaired) electrons. The molecule has 0 aromatic rings. The van der Waals surface area contributed by atoms with Crippen molar-refractivity contribution in [3.63, 3.8) is 0 Å². The minimum atomic E-state index is -0.809. The fraction of sp³-hybridized carbons (Fsp3) is 0.800. The van der Waals surface area contributed by atoms with E-state index in [9.17, 15) is 9.59 Å². The Kier molecular flexibility index (Phi) is 6.57. The first-order valence-corrected chi connectivity index (χ1v) is 8.84. The van der Waals surface area contributed by atoms with Crippen molar-refractivity contribution in [2.75, 3.05) is 13.2 Å². The van der Waals surface area contributed by atoms with E-state index in [1.54, 1.807) is 0 Å². The molecular weight excluding hydrogens is 357 g/mol. The Morgan fingerprint density at radius 3 is 2.59 bits per heavy atom. The molecule has 1 amide bonds. The van der Waals surface area contributed by atoms with Gasteiger partial charge in [0.05, 0.1) is 5.41 Å². The summed E-state index contributed by atoms with van der Waals surface area (Å²) >= 11 is 2.01.